The zero-order chi connectivity index (χ0) is 19.2. The van der Waals surface area contributed by atoms with Crippen LogP contribution in [0.4, 0.5) is 0 Å². The van der Waals surface area contributed by atoms with Crippen molar-refractivity contribution < 1.29 is 14.3 Å². The predicted molar refractivity (Wildman–Crippen MR) is 111 cm³/mol. The molecule has 3 rings (SSSR count). The third-order valence-electron chi connectivity index (χ3n) is 3.67. The molecule has 0 aliphatic carbocycles. The predicted octanol–water partition coefficient (Wildman–Crippen LogP) is 4.89. The number of hydrazone groups is 1. The van der Waals surface area contributed by atoms with Gasteiger partial charge in [0.2, 0.25) is 0 Å². The Balaban J connectivity index is 1.68. The first-order valence-electron chi connectivity index (χ1n) is 8.05. The van der Waals surface area contributed by atoms with Crippen LogP contribution in [0.25, 0.3) is 10.1 Å². The number of benzene rings is 2. The molecule has 1 N–H and O–H groups in total. The molecule has 0 unspecified atom stereocenters. The lowest BCUT2D eigenvalue weighted by Gasteiger charge is -2.02. The number of ether oxygens (including phenoxy) is 2. The second-order valence-electron chi connectivity index (χ2n) is 5.48. The largest absolute Gasteiger partial charge is 0.497 e. The smallest absolute Gasteiger partial charge is 0.283 e. The molecule has 0 saturated carbocycles. The fraction of sp³-hybridized carbons (Fsp3) is 0.100. The highest BCUT2D eigenvalue weighted by molar-refractivity contribution is 7.21. The zero-order valence-electron chi connectivity index (χ0n) is 14.6. The summed E-state index contributed by atoms with van der Waals surface area (Å²) in [7, 11) is 1.59. The topological polar surface area (TPSA) is 59.9 Å². The quantitative estimate of drug-likeness (QED) is 0.349. The minimum absolute atomic E-state index is 0.359. The maximum absolute atomic E-state index is 12.4. The maximum Gasteiger partial charge on any atom is 0.283 e. The Labute approximate surface area is 165 Å². The van der Waals surface area contributed by atoms with Crippen molar-refractivity contribution in [3.8, 4) is 11.5 Å². The lowest BCUT2D eigenvalue weighted by molar-refractivity contribution is 0.0959. The van der Waals surface area contributed by atoms with E-state index in [-0.39, 0.29) is 5.91 Å². The second kappa shape index (κ2) is 8.70. The standard InChI is InChI=1S/C20H17ClN2O3S/c1-3-10-26-14-6-4-13(5-7-14)12-22-23-20(24)19-18(21)16-9-8-15(25-2)11-17(16)27-19/h3-9,11-12H,1,10H2,2H3,(H,23,24). The first kappa shape index (κ1) is 18.9. The van der Waals surface area contributed by atoms with Crippen LogP contribution in [-0.4, -0.2) is 25.8 Å². The first-order valence-corrected chi connectivity index (χ1v) is 9.25. The molecule has 2 aromatic carbocycles. The molecule has 27 heavy (non-hydrogen) atoms. The van der Waals surface area contributed by atoms with Crippen molar-refractivity contribution >= 4 is 45.1 Å². The molecule has 1 aromatic heterocycles. The van der Waals surface area contributed by atoms with E-state index in [0.29, 0.717) is 22.3 Å². The van der Waals surface area contributed by atoms with Gasteiger partial charge < -0.3 is 9.47 Å². The average molecular weight is 401 g/mol. The van der Waals surface area contributed by atoms with Gasteiger partial charge in [-0.3, -0.25) is 4.79 Å². The molecule has 0 spiro atoms. The Morgan fingerprint density at radius 1 is 1.26 bits per heavy atom. The molecule has 1 amide bonds. The second-order valence-corrected chi connectivity index (χ2v) is 6.91. The Morgan fingerprint density at radius 3 is 2.70 bits per heavy atom. The highest BCUT2D eigenvalue weighted by atomic mass is 35.5. The number of nitrogens with one attached hydrogen (secondary N) is 1. The van der Waals surface area contributed by atoms with Gasteiger partial charge in [-0.2, -0.15) is 5.10 Å². The summed E-state index contributed by atoms with van der Waals surface area (Å²) in [6, 6.07) is 12.8. The van der Waals surface area contributed by atoms with Gasteiger partial charge in [0.1, 0.15) is 23.0 Å². The van der Waals surface area contributed by atoms with E-state index in [1.807, 2.05) is 42.5 Å². The molecular weight excluding hydrogens is 384 g/mol. The lowest BCUT2D eigenvalue weighted by Crippen LogP contribution is -2.16. The number of carbonyl (C=O) groups is 1. The number of nitrogens with zero attached hydrogens (tertiary/aromatic N) is 1. The van der Waals surface area contributed by atoms with Gasteiger partial charge >= 0.3 is 0 Å². The molecule has 0 aliphatic heterocycles. The Hall–Kier alpha value is -2.83. The number of hydrogen-bond donors (Lipinski definition) is 1. The van der Waals surface area contributed by atoms with E-state index in [4.69, 9.17) is 21.1 Å². The normalized spacial score (nSPS) is 10.9. The summed E-state index contributed by atoms with van der Waals surface area (Å²) in [6.07, 6.45) is 3.24. The van der Waals surface area contributed by atoms with Crippen LogP contribution in [0.15, 0.2) is 60.2 Å². The number of carbonyl (C=O) groups excluding carboxylic acids is 1. The fourth-order valence-corrected chi connectivity index (χ4v) is 3.78. The van der Waals surface area contributed by atoms with Crippen molar-refractivity contribution in [3.05, 3.63) is 70.6 Å². The van der Waals surface area contributed by atoms with Gasteiger partial charge in [0.05, 0.1) is 18.3 Å². The van der Waals surface area contributed by atoms with E-state index in [1.54, 1.807) is 19.4 Å². The van der Waals surface area contributed by atoms with Crippen LogP contribution in [0.1, 0.15) is 15.2 Å². The molecule has 0 saturated heterocycles. The van der Waals surface area contributed by atoms with Crippen molar-refractivity contribution in [3.63, 3.8) is 0 Å². The molecule has 0 radical (unpaired) electrons. The van der Waals surface area contributed by atoms with E-state index in [9.17, 15) is 4.79 Å². The number of hydrogen-bond acceptors (Lipinski definition) is 5. The van der Waals surface area contributed by atoms with Crippen LogP contribution in [-0.2, 0) is 0 Å². The number of amides is 1. The number of thiophene rings is 1. The van der Waals surface area contributed by atoms with Gasteiger partial charge in [-0.1, -0.05) is 24.3 Å². The summed E-state index contributed by atoms with van der Waals surface area (Å²) in [6.45, 7) is 4.05. The summed E-state index contributed by atoms with van der Waals surface area (Å²) < 4.78 is 11.5. The van der Waals surface area contributed by atoms with Crippen LogP contribution in [0.3, 0.4) is 0 Å². The van der Waals surface area contributed by atoms with Crippen molar-refractivity contribution in [1.82, 2.24) is 5.43 Å². The average Bonchev–Trinajstić information content (AvgIpc) is 3.03. The fourth-order valence-electron chi connectivity index (χ4n) is 2.34. The van der Waals surface area contributed by atoms with Crippen LogP contribution in [0.5, 0.6) is 11.5 Å². The minimum atomic E-state index is -0.359. The van der Waals surface area contributed by atoms with Crippen LogP contribution < -0.4 is 14.9 Å². The molecule has 0 atom stereocenters. The van der Waals surface area contributed by atoms with Gasteiger partial charge in [-0.25, -0.2) is 5.43 Å². The molecule has 138 valence electrons. The Kier molecular flexibility index (Phi) is 6.11. The van der Waals surface area contributed by atoms with E-state index < -0.39 is 0 Å². The van der Waals surface area contributed by atoms with Crippen LogP contribution in [0.2, 0.25) is 5.02 Å². The summed E-state index contributed by atoms with van der Waals surface area (Å²) >= 11 is 7.63. The van der Waals surface area contributed by atoms with Crippen LogP contribution >= 0.6 is 22.9 Å². The molecule has 5 nitrogen and oxygen atoms in total. The van der Waals surface area contributed by atoms with Crippen molar-refractivity contribution in [2.75, 3.05) is 13.7 Å². The lowest BCUT2D eigenvalue weighted by atomic mass is 10.2. The van der Waals surface area contributed by atoms with Gasteiger partial charge in [0.15, 0.2) is 0 Å². The summed E-state index contributed by atoms with van der Waals surface area (Å²) in [5.74, 6) is 1.09. The summed E-state index contributed by atoms with van der Waals surface area (Å²) in [5.41, 5.74) is 3.33. The maximum atomic E-state index is 12.4. The molecule has 3 aromatic rings. The third-order valence-corrected chi connectivity index (χ3v) is 5.33. The highest BCUT2D eigenvalue weighted by Gasteiger charge is 2.17. The molecule has 0 aliphatic rings. The minimum Gasteiger partial charge on any atom is -0.497 e. The first-order chi connectivity index (χ1) is 13.1. The molecule has 7 heteroatoms. The number of halogens is 1. The van der Waals surface area contributed by atoms with Crippen molar-refractivity contribution in [2.24, 2.45) is 5.10 Å². The molecule has 0 fully saturated rings. The van der Waals surface area contributed by atoms with Gasteiger partial charge in [-0.15, -0.1) is 11.3 Å². The van der Waals surface area contributed by atoms with Gasteiger partial charge in [0, 0.05) is 10.1 Å². The van der Waals surface area contributed by atoms with E-state index >= 15 is 0 Å². The van der Waals surface area contributed by atoms with Crippen molar-refractivity contribution in [2.45, 2.75) is 0 Å². The van der Waals surface area contributed by atoms with Gasteiger partial charge in [-0.05, 0) is 48.0 Å². The Morgan fingerprint density at radius 2 is 2.00 bits per heavy atom. The SMILES string of the molecule is C=CCOc1ccc(C=NNC(=O)c2sc3cc(OC)ccc3c2Cl)cc1. The van der Waals surface area contributed by atoms with E-state index in [0.717, 1.165) is 21.4 Å². The zero-order valence-corrected chi connectivity index (χ0v) is 16.1. The van der Waals surface area contributed by atoms with E-state index in [1.165, 1.54) is 11.3 Å². The number of rotatable bonds is 7. The molecular formula is C20H17ClN2O3S. The summed E-state index contributed by atoms with van der Waals surface area (Å²) in [5, 5.41) is 5.22. The Bertz CT molecular complexity index is 996. The third kappa shape index (κ3) is 4.48. The highest BCUT2D eigenvalue weighted by Crippen LogP contribution is 2.37. The van der Waals surface area contributed by atoms with Crippen molar-refractivity contribution in [1.29, 1.82) is 0 Å². The van der Waals surface area contributed by atoms with Crippen LogP contribution in [0, 0.1) is 0 Å². The summed E-state index contributed by atoms with van der Waals surface area (Å²) in [4.78, 5) is 12.8. The number of methoxy groups -OCH3 is 1. The number of fused-ring (bicyclic) bond motifs is 1. The van der Waals surface area contributed by atoms with E-state index in [2.05, 4.69) is 17.1 Å². The molecule has 1 heterocycles. The van der Waals surface area contributed by atoms with Gasteiger partial charge in [0.25, 0.3) is 5.91 Å². The monoisotopic (exact) mass is 400 g/mol. The molecule has 0 bridgehead atoms.